The summed E-state index contributed by atoms with van der Waals surface area (Å²) in [5, 5.41) is 0.432. The summed E-state index contributed by atoms with van der Waals surface area (Å²) in [5.41, 5.74) is 0.894. The fourth-order valence-electron chi connectivity index (χ4n) is 2.97. The van der Waals surface area contributed by atoms with Gasteiger partial charge in [-0.1, -0.05) is 35.9 Å². The van der Waals surface area contributed by atoms with Gasteiger partial charge in [0.05, 0.1) is 5.75 Å². The van der Waals surface area contributed by atoms with Gasteiger partial charge in [0.25, 0.3) is 0 Å². The molecule has 0 bridgehead atoms. The lowest BCUT2D eigenvalue weighted by atomic mass is 10.2. The molecule has 3 rings (SSSR count). The number of nitrogens with zero attached hydrogens (tertiary/aromatic N) is 2. The van der Waals surface area contributed by atoms with Crippen LogP contribution in [0.1, 0.15) is 5.56 Å². The van der Waals surface area contributed by atoms with Gasteiger partial charge in [-0.2, -0.15) is 8.42 Å². The van der Waals surface area contributed by atoms with Crippen LogP contribution in [0.5, 0.6) is 5.75 Å². The monoisotopic (exact) mass is 412 g/mol. The summed E-state index contributed by atoms with van der Waals surface area (Å²) in [6.45, 7) is 4.21. The summed E-state index contributed by atoms with van der Waals surface area (Å²) in [5.74, 6) is -0.0583. The zero-order chi connectivity index (χ0) is 19.3. The second kappa shape index (κ2) is 9.01. The fraction of sp³-hybridized carbons (Fsp3) is 0.368. The normalized spacial score (nSPS) is 16.4. The van der Waals surface area contributed by atoms with Crippen LogP contribution in [0.25, 0.3) is 0 Å². The zero-order valence-electron chi connectivity index (χ0n) is 14.9. The molecule has 2 aromatic carbocycles. The Balaban J connectivity index is 1.44. The highest BCUT2D eigenvalue weighted by Crippen LogP contribution is 2.20. The van der Waals surface area contributed by atoms with Crippen molar-refractivity contribution in [1.29, 1.82) is 0 Å². The minimum atomic E-state index is -3.61. The highest BCUT2D eigenvalue weighted by atomic mass is 35.5. The van der Waals surface area contributed by atoms with Crippen molar-refractivity contribution in [3.63, 3.8) is 0 Å². The van der Waals surface area contributed by atoms with Gasteiger partial charge in [0.1, 0.15) is 11.6 Å². The van der Waals surface area contributed by atoms with Crippen LogP contribution in [0.2, 0.25) is 5.02 Å². The van der Waals surface area contributed by atoms with Gasteiger partial charge in [-0.15, -0.1) is 0 Å². The molecule has 27 heavy (non-hydrogen) atoms. The minimum Gasteiger partial charge on any atom is -0.382 e. The summed E-state index contributed by atoms with van der Waals surface area (Å²) in [7, 11) is -3.61. The van der Waals surface area contributed by atoms with Crippen molar-refractivity contribution in [2.75, 3.05) is 38.5 Å². The molecule has 0 unspecified atom stereocenters. The van der Waals surface area contributed by atoms with Gasteiger partial charge in [0, 0.05) is 44.3 Å². The molecule has 8 heteroatoms. The topological polar surface area (TPSA) is 49.9 Å². The third-order valence-electron chi connectivity index (χ3n) is 4.50. The van der Waals surface area contributed by atoms with E-state index in [4.69, 9.17) is 15.8 Å². The van der Waals surface area contributed by atoms with E-state index in [0.29, 0.717) is 23.9 Å². The predicted octanol–water partition coefficient (Wildman–Crippen LogP) is 3.01. The molecule has 0 saturated carbocycles. The molecule has 0 N–H and O–H groups in total. The first-order valence-corrected chi connectivity index (χ1v) is 10.7. The molecule has 2 aromatic rings. The van der Waals surface area contributed by atoms with Gasteiger partial charge < -0.3 is 4.18 Å². The summed E-state index contributed by atoms with van der Waals surface area (Å²) in [6.07, 6.45) is 0. The maximum Gasteiger partial charge on any atom is 0.310 e. The van der Waals surface area contributed by atoms with Crippen LogP contribution in [0.4, 0.5) is 4.39 Å². The van der Waals surface area contributed by atoms with E-state index in [1.165, 1.54) is 12.1 Å². The Kier molecular flexibility index (Phi) is 6.70. The van der Waals surface area contributed by atoms with E-state index in [1.54, 1.807) is 36.4 Å². The second-order valence-electron chi connectivity index (χ2n) is 6.51. The SMILES string of the molecule is O=S(=O)(CCN1CCN(Cc2ccc(F)cc2Cl)CC1)Oc1ccccc1. The Morgan fingerprint density at radius 2 is 1.67 bits per heavy atom. The average Bonchev–Trinajstić information content (AvgIpc) is 2.64. The van der Waals surface area contributed by atoms with Crippen molar-refractivity contribution in [1.82, 2.24) is 9.80 Å². The van der Waals surface area contributed by atoms with Crippen LogP contribution < -0.4 is 4.18 Å². The smallest absolute Gasteiger partial charge is 0.310 e. The molecule has 1 saturated heterocycles. The Labute approximate surface area is 164 Å². The van der Waals surface area contributed by atoms with Gasteiger partial charge in [0.15, 0.2) is 0 Å². The van der Waals surface area contributed by atoms with E-state index in [0.717, 1.165) is 31.7 Å². The molecule has 146 valence electrons. The number of piperazine rings is 1. The first-order valence-electron chi connectivity index (χ1n) is 8.77. The van der Waals surface area contributed by atoms with Gasteiger partial charge >= 0.3 is 10.1 Å². The molecule has 5 nitrogen and oxygen atoms in total. The lowest BCUT2D eigenvalue weighted by molar-refractivity contribution is 0.132. The van der Waals surface area contributed by atoms with E-state index in [9.17, 15) is 12.8 Å². The molecule has 1 aliphatic rings. The molecular formula is C19H22ClFN2O3S. The molecule has 1 heterocycles. The lowest BCUT2D eigenvalue weighted by Gasteiger charge is -2.34. The van der Waals surface area contributed by atoms with Gasteiger partial charge in [-0.25, -0.2) is 4.39 Å². The standard InChI is InChI=1S/C19H22ClFN2O3S/c20-19-14-17(21)7-6-16(19)15-23-10-8-22(9-11-23)12-13-27(24,25)26-18-4-2-1-3-5-18/h1-7,14H,8-13,15H2. The summed E-state index contributed by atoms with van der Waals surface area (Å²) in [4.78, 5) is 4.33. The molecular weight excluding hydrogens is 391 g/mol. The number of hydrogen-bond donors (Lipinski definition) is 0. The third-order valence-corrected chi connectivity index (χ3v) is 5.98. The van der Waals surface area contributed by atoms with Crippen molar-refractivity contribution in [2.45, 2.75) is 6.54 Å². The Morgan fingerprint density at radius 3 is 2.33 bits per heavy atom. The largest absolute Gasteiger partial charge is 0.382 e. The van der Waals surface area contributed by atoms with Gasteiger partial charge in [0.2, 0.25) is 0 Å². The Hall–Kier alpha value is -1.67. The Bertz CT molecular complexity index is 857. The van der Waals surface area contributed by atoms with Crippen LogP contribution in [-0.4, -0.2) is 56.7 Å². The summed E-state index contributed by atoms with van der Waals surface area (Å²) in [6, 6.07) is 13.0. The molecule has 0 radical (unpaired) electrons. The van der Waals surface area contributed by atoms with Crippen molar-refractivity contribution >= 4 is 21.7 Å². The second-order valence-corrected chi connectivity index (χ2v) is 8.61. The van der Waals surface area contributed by atoms with Gasteiger partial charge in [-0.05, 0) is 29.8 Å². The Morgan fingerprint density at radius 1 is 1.00 bits per heavy atom. The van der Waals surface area contributed by atoms with E-state index in [2.05, 4.69) is 9.80 Å². The maximum absolute atomic E-state index is 13.1. The molecule has 0 atom stereocenters. The quantitative estimate of drug-likeness (QED) is 0.654. The predicted molar refractivity (Wildman–Crippen MR) is 104 cm³/mol. The number of halogens is 2. The van der Waals surface area contributed by atoms with Crippen molar-refractivity contribution in [2.24, 2.45) is 0 Å². The fourth-order valence-corrected chi connectivity index (χ4v) is 4.16. The minimum absolute atomic E-state index is 0.0499. The number of rotatable bonds is 7. The van der Waals surface area contributed by atoms with Crippen molar-refractivity contribution in [3.05, 3.63) is 64.9 Å². The van der Waals surface area contributed by atoms with E-state index < -0.39 is 10.1 Å². The number of para-hydroxylation sites is 1. The first kappa shape index (κ1) is 20.1. The highest BCUT2D eigenvalue weighted by molar-refractivity contribution is 7.87. The molecule has 0 aliphatic carbocycles. The van der Waals surface area contributed by atoms with Crippen molar-refractivity contribution in [3.8, 4) is 5.75 Å². The zero-order valence-corrected chi connectivity index (χ0v) is 16.4. The van der Waals surface area contributed by atoms with Gasteiger partial charge in [-0.3, -0.25) is 9.80 Å². The number of hydrogen-bond acceptors (Lipinski definition) is 5. The van der Waals surface area contributed by atoms with E-state index in [-0.39, 0.29) is 11.6 Å². The first-order chi connectivity index (χ1) is 12.9. The molecule has 1 aliphatic heterocycles. The lowest BCUT2D eigenvalue weighted by Crippen LogP contribution is -2.47. The van der Waals surface area contributed by atoms with Crippen LogP contribution >= 0.6 is 11.6 Å². The average molecular weight is 413 g/mol. The van der Waals surface area contributed by atoms with E-state index in [1.807, 2.05) is 0 Å². The maximum atomic E-state index is 13.1. The third kappa shape index (κ3) is 6.17. The van der Waals surface area contributed by atoms with Crippen LogP contribution in [0.15, 0.2) is 48.5 Å². The molecule has 0 amide bonds. The molecule has 0 spiro atoms. The molecule has 1 fully saturated rings. The van der Waals surface area contributed by atoms with Crippen LogP contribution in [0, 0.1) is 5.82 Å². The molecule has 0 aromatic heterocycles. The van der Waals surface area contributed by atoms with Crippen LogP contribution in [-0.2, 0) is 16.7 Å². The van der Waals surface area contributed by atoms with Crippen molar-refractivity contribution < 1.29 is 17.0 Å². The highest BCUT2D eigenvalue weighted by Gasteiger charge is 2.21. The number of benzene rings is 2. The van der Waals surface area contributed by atoms with Crippen LogP contribution in [0.3, 0.4) is 0 Å². The van der Waals surface area contributed by atoms with E-state index >= 15 is 0 Å². The summed E-state index contributed by atoms with van der Waals surface area (Å²) < 4.78 is 42.5. The summed E-state index contributed by atoms with van der Waals surface area (Å²) >= 11 is 6.09.